The Hall–Kier alpha value is -1.50. The second-order valence-corrected chi connectivity index (χ2v) is 3.35. The van der Waals surface area contributed by atoms with Crippen LogP contribution in [0.4, 0.5) is 0 Å². The van der Waals surface area contributed by atoms with Crippen molar-refractivity contribution in [3.05, 3.63) is 17.7 Å². The zero-order valence-corrected chi connectivity index (χ0v) is 10.5. The lowest BCUT2D eigenvalue weighted by Crippen LogP contribution is -2.36. The van der Waals surface area contributed by atoms with E-state index in [0.717, 1.165) is 5.56 Å². The first-order chi connectivity index (χ1) is 8.21. The van der Waals surface area contributed by atoms with Crippen molar-refractivity contribution in [2.24, 2.45) is 5.84 Å². The summed E-state index contributed by atoms with van der Waals surface area (Å²) in [5.74, 6) is 7.19. The third kappa shape index (κ3) is 2.79. The molecule has 6 heteroatoms. The first-order valence-corrected chi connectivity index (χ1v) is 5.15. The molecule has 1 rings (SSSR count). The van der Waals surface area contributed by atoms with E-state index in [0.29, 0.717) is 17.2 Å². The molecule has 0 bridgehead atoms. The van der Waals surface area contributed by atoms with E-state index in [1.807, 2.05) is 12.1 Å². The Balaban J connectivity index is 3.26. The lowest BCUT2D eigenvalue weighted by Gasteiger charge is -2.19. The van der Waals surface area contributed by atoms with Gasteiger partial charge in [-0.1, -0.05) is 0 Å². The van der Waals surface area contributed by atoms with Crippen LogP contribution in [0.2, 0.25) is 0 Å². The summed E-state index contributed by atoms with van der Waals surface area (Å²) >= 11 is 0. The SMILES string of the molecule is CNC(NN)c1cc(OC)c(OC)c(OC)c1. The highest BCUT2D eigenvalue weighted by Crippen LogP contribution is 2.39. The summed E-state index contributed by atoms with van der Waals surface area (Å²) in [6, 6.07) is 3.67. The molecule has 0 heterocycles. The molecule has 17 heavy (non-hydrogen) atoms. The third-order valence-corrected chi connectivity index (χ3v) is 2.48. The summed E-state index contributed by atoms with van der Waals surface area (Å²) in [4.78, 5) is 0. The first-order valence-electron chi connectivity index (χ1n) is 5.15. The van der Waals surface area contributed by atoms with Gasteiger partial charge >= 0.3 is 0 Å². The zero-order valence-electron chi connectivity index (χ0n) is 10.5. The smallest absolute Gasteiger partial charge is 0.203 e. The second kappa shape index (κ2) is 6.29. The Morgan fingerprint density at radius 1 is 1.06 bits per heavy atom. The minimum Gasteiger partial charge on any atom is -0.493 e. The largest absolute Gasteiger partial charge is 0.493 e. The summed E-state index contributed by atoms with van der Waals surface area (Å²) < 4.78 is 15.8. The van der Waals surface area contributed by atoms with Crippen LogP contribution in [0.1, 0.15) is 11.7 Å². The number of hydrazine groups is 1. The molecule has 0 aliphatic carbocycles. The van der Waals surface area contributed by atoms with E-state index in [1.165, 1.54) is 0 Å². The molecule has 6 nitrogen and oxygen atoms in total. The molecule has 0 radical (unpaired) electrons. The molecule has 1 atom stereocenters. The number of hydrogen-bond acceptors (Lipinski definition) is 6. The van der Waals surface area contributed by atoms with Gasteiger partial charge in [-0.25, -0.2) is 5.43 Å². The van der Waals surface area contributed by atoms with Crippen LogP contribution in [0.25, 0.3) is 0 Å². The Labute approximate surface area is 101 Å². The average molecular weight is 241 g/mol. The van der Waals surface area contributed by atoms with E-state index in [1.54, 1.807) is 28.4 Å². The number of ether oxygens (including phenoxy) is 3. The zero-order chi connectivity index (χ0) is 12.8. The van der Waals surface area contributed by atoms with Gasteiger partial charge in [0.1, 0.15) is 0 Å². The van der Waals surface area contributed by atoms with Crippen molar-refractivity contribution in [1.29, 1.82) is 0 Å². The molecule has 1 aromatic carbocycles. The van der Waals surface area contributed by atoms with Gasteiger partial charge in [0.05, 0.1) is 27.5 Å². The average Bonchev–Trinajstić information content (AvgIpc) is 2.38. The van der Waals surface area contributed by atoms with Crippen molar-refractivity contribution in [2.45, 2.75) is 6.17 Å². The first kappa shape index (κ1) is 13.6. The van der Waals surface area contributed by atoms with Crippen molar-refractivity contribution in [3.63, 3.8) is 0 Å². The van der Waals surface area contributed by atoms with Crippen LogP contribution in [-0.4, -0.2) is 28.4 Å². The number of rotatable bonds is 6. The maximum Gasteiger partial charge on any atom is 0.203 e. The standard InChI is InChI=1S/C11H19N3O3/c1-13-11(14-12)7-5-8(15-2)10(17-4)9(6-7)16-3/h5-6,11,13-14H,12H2,1-4H3. The normalized spacial score (nSPS) is 12.1. The van der Waals surface area contributed by atoms with Crippen molar-refractivity contribution < 1.29 is 14.2 Å². The van der Waals surface area contributed by atoms with Gasteiger partial charge in [-0.05, 0) is 24.7 Å². The van der Waals surface area contributed by atoms with Crippen molar-refractivity contribution in [3.8, 4) is 17.2 Å². The van der Waals surface area contributed by atoms with Gasteiger partial charge in [0, 0.05) is 0 Å². The molecule has 0 aromatic heterocycles. The predicted octanol–water partition coefficient (Wildman–Crippen LogP) is 0.394. The van der Waals surface area contributed by atoms with Gasteiger partial charge in [-0.2, -0.15) is 0 Å². The number of nitrogens with one attached hydrogen (secondary N) is 2. The van der Waals surface area contributed by atoms with E-state index >= 15 is 0 Å². The summed E-state index contributed by atoms with van der Waals surface area (Å²) in [7, 11) is 6.52. The van der Waals surface area contributed by atoms with Crippen LogP contribution >= 0.6 is 0 Å². The second-order valence-electron chi connectivity index (χ2n) is 3.35. The van der Waals surface area contributed by atoms with E-state index in [9.17, 15) is 0 Å². The van der Waals surface area contributed by atoms with Gasteiger partial charge in [0.25, 0.3) is 0 Å². The summed E-state index contributed by atoms with van der Waals surface area (Å²) in [6.45, 7) is 0. The molecule has 1 aromatic rings. The lowest BCUT2D eigenvalue weighted by molar-refractivity contribution is 0.322. The van der Waals surface area contributed by atoms with Gasteiger partial charge < -0.3 is 19.5 Å². The molecular formula is C11H19N3O3. The summed E-state index contributed by atoms with van der Waals surface area (Å²) in [6.07, 6.45) is -0.191. The van der Waals surface area contributed by atoms with E-state index in [2.05, 4.69) is 10.7 Å². The highest BCUT2D eigenvalue weighted by Gasteiger charge is 2.16. The quantitative estimate of drug-likeness (QED) is 0.380. The van der Waals surface area contributed by atoms with Crippen molar-refractivity contribution in [2.75, 3.05) is 28.4 Å². The molecule has 0 spiro atoms. The predicted molar refractivity (Wildman–Crippen MR) is 65.2 cm³/mol. The minimum absolute atomic E-state index is 0.191. The van der Waals surface area contributed by atoms with Crippen LogP contribution in [0.15, 0.2) is 12.1 Å². The fourth-order valence-electron chi connectivity index (χ4n) is 1.61. The Bertz CT molecular complexity index is 342. The fraction of sp³-hybridized carbons (Fsp3) is 0.455. The molecule has 0 aliphatic heterocycles. The number of methoxy groups -OCH3 is 3. The highest BCUT2D eigenvalue weighted by atomic mass is 16.5. The van der Waals surface area contributed by atoms with Gasteiger partial charge in [0.15, 0.2) is 11.5 Å². The molecule has 4 N–H and O–H groups in total. The Kier molecular flexibility index (Phi) is 5.02. The molecule has 1 unspecified atom stereocenters. The fourth-order valence-corrected chi connectivity index (χ4v) is 1.61. The number of nitrogens with two attached hydrogens (primary N) is 1. The number of benzene rings is 1. The monoisotopic (exact) mass is 241 g/mol. The minimum atomic E-state index is -0.191. The topological polar surface area (TPSA) is 77.8 Å². The molecule has 0 saturated carbocycles. The molecule has 0 fully saturated rings. The van der Waals surface area contributed by atoms with Crippen LogP contribution in [0.5, 0.6) is 17.2 Å². The van der Waals surface area contributed by atoms with Crippen molar-refractivity contribution in [1.82, 2.24) is 10.7 Å². The Morgan fingerprint density at radius 2 is 1.59 bits per heavy atom. The van der Waals surface area contributed by atoms with Crippen molar-refractivity contribution >= 4 is 0 Å². The van der Waals surface area contributed by atoms with Gasteiger partial charge in [-0.3, -0.25) is 5.84 Å². The van der Waals surface area contributed by atoms with Gasteiger partial charge in [-0.15, -0.1) is 0 Å². The number of hydrogen-bond donors (Lipinski definition) is 3. The van der Waals surface area contributed by atoms with Crippen LogP contribution in [-0.2, 0) is 0 Å². The Morgan fingerprint density at radius 3 is 1.88 bits per heavy atom. The summed E-state index contributed by atoms with van der Waals surface area (Å²) in [5.41, 5.74) is 3.54. The lowest BCUT2D eigenvalue weighted by atomic mass is 10.1. The molecule has 0 aliphatic rings. The van der Waals surface area contributed by atoms with Crippen LogP contribution < -0.4 is 30.8 Å². The van der Waals surface area contributed by atoms with Crippen LogP contribution in [0, 0.1) is 0 Å². The molecule has 0 amide bonds. The summed E-state index contributed by atoms with van der Waals surface area (Å²) in [5, 5.41) is 3.02. The maximum atomic E-state index is 5.44. The molecule has 0 saturated heterocycles. The highest BCUT2D eigenvalue weighted by molar-refractivity contribution is 5.54. The molecular weight excluding hydrogens is 222 g/mol. The van der Waals surface area contributed by atoms with E-state index < -0.39 is 0 Å². The van der Waals surface area contributed by atoms with E-state index in [4.69, 9.17) is 20.1 Å². The molecule has 96 valence electrons. The van der Waals surface area contributed by atoms with Gasteiger partial charge in [0.2, 0.25) is 5.75 Å². The third-order valence-electron chi connectivity index (χ3n) is 2.48. The maximum absolute atomic E-state index is 5.44. The van der Waals surface area contributed by atoms with E-state index in [-0.39, 0.29) is 6.17 Å². The van der Waals surface area contributed by atoms with Crippen LogP contribution in [0.3, 0.4) is 0 Å².